The Morgan fingerprint density at radius 3 is 2.32 bits per heavy atom. The second kappa shape index (κ2) is 4.92. The highest BCUT2D eigenvalue weighted by atomic mass is 19.4. The molecule has 0 bridgehead atoms. The summed E-state index contributed by atoms with van der Waals surface area (Å²) in [6.45, 7) is 0. The Morgan fingerprint density at radius 2 is 1.89 bits per heavy atom. The molecular formula is C9H5F3N2O5. The van der Waals surface area contributed by atoms with Crippen molar-refractivity contribution in [2.75, 3.05) is 5.32 Å². The Kier molecular flexibility index (Phi) is 3.73. The van der Waals surface area contributed by atoms with Gasteiger partial charge in [0.05, 0.1) is 10.6 Å². The third kappa shape index (κ3) is 3.18. The van der Waals surface area contributed by atoms with Crippen molar-refractivity contribution in [3.05, 3.63) is 33.9 Å². The van der Waals surface area contributed by atoms with E-state index in [0.29, 0.717) is 0 Å². The molecule has 0 aliphatic rings. The Morgan fingerprint density at radius 1 is 1.32 bits per heavy atom. The smallest absolute Gasteiger partial charge is 0.471 e. The highest BCUT2D eigenvalue weighted by Gasteiger charge is 2.39. The molecule has 1 aromatic carbocycles. The molecule has 1 aromatic rings. The fourth-order valence-electron chi connectivity index (χ4n) is 1.21. The van der Waals surface area contributed by atoms with Crippen LogP contribution in [0.5, 0.6) is 0 Å². The largest absolute Gasteiger partial charge is 0.477 e. The predicted molar refractivity (Wildman–Crippen MR) is 54.7 cm³/mol. The van der Waals surface area contributed by atoms with Gasteiger partial charge < -0.3 is 10.4 Å². The Labute approximate surface area is 102 Å². The molecule has 0 heterocycles. The molecule has 0 aromatic heterocycles. The Balaban J connectivity index is 3.29. The van der Waals surface area contributed by atoms with Crippen LogP contribution in [-0.2, 0) is 4.79 Å². The minimum Gasteiger partial charge on any atom is -0.477 e. The number of benzene rings is 1. The number of halogens is 3. The van der Waals surface area contributed by atoms with Gasteiger partial charge in [-0.1, -0.05) is 6.07 Å². The molecule has 0 aliphatic carbocycles. The van der Waals surface area contributed by atoms with Gasteiger partial charge in [-0.25, -0.2) is 4.79 Å². The minimum absolute atomic E-state index is 0.798. The van der Waals surface area contributed by atoms with Gasteiger partial charge in [0, 0.05) is 6.07 Å². The Bertz CT molecular complexity index is 555. The molecule has 10 heteroatoms. The quantitative estimate of drug-likeness (QED) is 0.647. The van der Waals surface area contributed by atoms with Crippen LogP contribution < -0.4 is 5.32 Å². The molecule has 0 atom stereocenters. The number of aromatic carboxylic acids is 1. The number of nitrogens with one attached hydrogen (secondary N) is 1. The van der Waals surface area contributed by atoms with Gasteiger partial charge >= 0.3 is 18.1 Å². The van der Waals surface area contributed by atoms with Crippen molar-refractivity contribution in [1.82, 2.24) is 0 Å². The van der Waals surface area contributed by atoms with Crippen molar-refractivity contribution in [2.24, 2.45) is 0 Å². The Hall–Kier alpha value is -2.65. The first kappa shape index (κ1) is 14.4. The second-order valence-electron chi connectivity index (χ2n) is 3.21. The fraction of sp³-hybridized carbons (Fsp3) is 0.111. The lowest BCUT2D eigenvalue weighted by Crippen LogP contribution is -2.30. The second-order valence-corrected chi connectivity index (χ2v) is 3.21. The van der Waals surface area contributed by atoms with Gasteiger partial charge in [0.2, 0.25) is 0 Å². The number of nitro groups is 1. The maximum absolute atomic E-state index is 12.0. The average Bonchev–Trinajstić information content (AvgIpc) is 2.26. The summed E-state index contributed by atoms with van der Waals surface area (Å²) < 4.78 is 36.1. The summed E-state index contributed by atoms with van der Waals surface area (Å²) in [6.07, 6.45) is -5.24. The molecule has 1 amide bonds. The van der Waals surface area contributed by atoms with Crippen LogP contribution in [0.2, 0.25) is 0 Å². The third-order valence-corrected chi connectivity index (χ3v) is 1.96. The summed E-state index contributed by atoms with van der Waals surface area (Å²) in [5.41, 5.74) is -2.75. The molecule has 0 unspecified atom stereocenters. The number of carbonyl (C=O) groups excluding carboxylic acids is 1. The van der Waals surface area contributed by atoms with Crippen molar-refractivity contribution in [1.29, 1.82) is 0 Å². The maximum Gasteiger partial charge on any atom is 0.471 e. The van der Waals surface area contributed by atoms with Crippen LogP contribution in [-0.4, -0.2) is 28.1 Å². The summed E-state index contributed by atoms with van der Waals surface area (Å²) in [5, 5.41) is 20.6. The maximum atomic E-state index is 12.0. The molecule has 0 radical (unpaired) electrons. The number of alkyl halides is 3. The number of nitrogens with zero attached hydrogens (tertiary/aromatic N) is 1. The summed E-state index contributed by atoms with van der Waals surface area (Å²) in [5.74, 6) is -4.25. The van der Waals surface area contributed by atoms with Crippen molar-refractivity contribution < 1.29 is 32.8 Å². The van der Waals surface area contributed by atoms with Crippen LogP contribution in [0, 0.1) is 10.1 Å². The van der Waals surface area contributed by atoms with Crippen LogP contribution in [0.15, 0.2) is 18.2 Å². The highest BCUT2D eigenvalue weighted by Crippen LogP contribution is 2.28. The first-order valence-electron chi connectivity index (χ1n) is 4.53. The summed E-state index contributed by atoms with van der Waals surface area (Å²) >= 11 is 0. The zero-order valence-electron chi connectivity index (χ0n) is 8.89. The van der Waals surface area contributed by atoms with Crippen molar-refractivity contribution in [3.63, 3.8) is 0 Å². The number of carboxylic acids is 1. The molecule has 102 valence electrons. The van der Waals surface area contributed by atoms with Crippen LogP contribution in [0.25, 0.3) is 0 Å². The predicted octanol–water partition coefficient (Wildman–Crippen LogP) is 1.79. The van der Waals surface area contributed by atoms with E-state index in [1.165, 1.54) is 5.32 Å². The lowest BCUT2D eigenvalue weighted by Gasteiger charge is -2.10. The first-order valence-corrected chi connectivity index (χ1v) is 4.53. The van der Waals surface area contributed by atoms with E-state index in [2.05, 4.69) is 0 Å². The van der Waals surface area contributed by atoms with Crippen LogP contribution in [0.4, 0.5) is 24.5 Å². The van der Waals surface area contributed by atoms with E-state index in [4.69, 9.17) is 5.11 Å². The van der Waals surface area contributed by atoms with Crippen LogP contribution in [0.1, 0.15) is 10.4 Å². The van der Waals surface area contributed by atoms with E-state index in [1.54, 1.807) is 0 Å². The standard InChI is InChI=1S/C9H5F3N2O5/c10-9(11,12)8(17)13-4-2-1-3-5(14(18)19)6(4)7(15)16/h1-3H,(H,13,17)(H,15,16). The topological polar surface area (TPSA) is 110 Å². The molecule has 1 rings (SSSR count). The van der Waals surface area contributed by atoms with E-state index < -0.39 is 39.9 Å². The van der Waals surface area contributed by atoms with E-state index >= 15 is 0 Å². The van der Waals surface area contributed by atoms with E-state index in [-0.39, 0.29) is 0 Å². The number of hydrogen-bond donors (Lipinski definition) is 2. The number of carbonyl (C=O) groups is 2. The summed E-state index contributed by atoms with van der Waals surface area (Å²) in [4.78, 5) is 31.0. The van der Waals surface area contributed by atoms with Crippen molar-refractivity contribution in [3.8, 4) is 0 Å². The van der Waals surface area contributed by atoms with Gasteiger partial charge in [-0.2, -0.15) is 13.2 Å². The zero-order chi connectivity index (χ0) is 14.8. The first-order chi connectivity index (χ1) is 8.64. The van der Waals surface area contributed by atoms with Gasteiger partial charge in [-0.15, -0.1) is 0 Å². The number of anilines is 1. The lowest BCUT2D eigenvalue weighted by atomic mass is 10.1. The van der Waals surface area contributed by atoms with Crippen molar-refractivity contribution in [2.45, 2.75) is 6.18 Å². The lowest BCUT2D eigenvalue weighted by molar-refractivity contribution is -0.385. The molecule has 0 fully saturated rings. The molecular weight excluding hydrogens is 273 g/mol. The van der Waals surface area contributed by atoms with E-state index in [0.717, 1.165) is 18.2 Å². The molecule has 19 heavy (non-hydrogen) atoms. The summed E-state index contributed by atoms with van der Waals surface area (Å²) in [7, 11) is 0. The molecule has 0 aliphatic heterocycles. The SMILES string of the molecule is O=C(O)c1c(NC(=O)C(F)(F)F)cccc1[N+](=O)[O-]. The van der Waals surface area contributed by atoms with E-state index in [9.17, 15) is 32.9 Å². The number of nitro benzene ring substituents is 1. The monoisotopic (exact) mass is 278 g/mol. The number of amides is 1. The third-order valence-electron chi connectivity index (χ3n) is 1.96. The normalized spacial score (nSPS) is 10.9. The average molecular weight is 278 g/mol. The highest BCUT2D eigenvalue weighted by molar-refractivity contribution is 6.04. The molecule has 2 N–H and O–H groups in total. The molecule has 0 saturated heterocycles. The van der Waals surface area contributed by atoms with Gasteiger partial charge in [0.1, 0.15) is 0 Å². The molecule has 0 spiro atoms. The number of carboxylic acid groups (broad SMARTS) is 1. The summed E-state index contributed by atoms with van der Waals surface area (Å²) in [6, 6.07) is 2.57. The van der Waals surface area contributed by atoms with Gasteiger partial charge in [-0.05, 0) is 6.07 Å². The molecule has 0 saturated carbocycles. The fourth-order valence-corrected chi connectivity index (χ4v) is 1.21. The molecule has 7 nitrogen and oxygen atoms in total. The van der Waals surface area contributed by atoms with Crippen LogP contribution in [0.3, 0.4) is 0 Å². The number of hydrogen-bond acceptors (Lipinski definition) is 4. The minimum atomic E-state index is -5.24. The van der Waals surface area contributed by atoms with E-state index in [1.807, 2.05) is 0 Å². The van der Waals surface area contributed by atoms with Crippen LogP contribution >= 0.6 is 0 Å². The van der Waals surface area contributed by atoms with Gasteiger partial charge in [0.25, 0.3) is 5.69 Å². The van der Waals surface area contributed by atoms with Gasteiger partial charge in [0.15, 0.2) is 5.56 Å². The number of rotatable bonds is 3. The zero-order valence-corrected chi connectivity index (χ0v) is 8.89. The van der Waals surface area contributed by atoms with Crippen molar-refractivity contribution >= 4 is 23.3 Å². The van der Waals surface area contributed by atoms with Gasteiger partial charge in [-0.3, -0.25) is 14.9 Å².